The molecule has 0 atom stereocenters. The summed E-state index contributed by atoms with van der Waals surface area (Å²) in [7, 11) is 1.65. The number of amides is 1. The van der Waals surface area contributed by atoms with Crippen molar-refractivity contribution in [2.24, 2.45) is 0 Å². The zero-order valence-electron chi connectivity index (χ0n) is 17.8. The number of carbonyl (C=O) groups excluding carboxylic acids is 1. The third kappa shape index (κ3) is 5.41. The molecule has 6 nitrogen and oxygen atoms in total. The van der Waals surface area contributed by atoms with E-state index < -0.39 is 0 Å². The van der Waals surface area contributed by atoms with Crippen LogP contribution in [0.25, 0.3) is 0 Å². The number of hydrogen-bond acceptors (Lipinski definition) is 6. The fourth-order valence-electron chi connectivity index (χ4n) is 3.77. The lowest BCUT2D eigenvalue weighted by molar-refractivity contribution is 0.0486. The largest absolute Gasteiger partial charge is 0.497 e. The molecule has 2 aromatic carbocycles. The van der Waals surface area contributed by atoms with Crippen molar-refractivity contribution in [2.75, 3.05) is 26.9 Å². The number of rotatable bonds is 8. The first-order valence-corrected chi connectivity index (χ1v) is 11.7. The van der Waals surface area contributed by atoms with Gasteiger partial charge < -0.3 is 19.5 Å². The van der Waals surface area contributed by atoms with Crippen molar-refractivity contribution >= 4 is 28.8 Å². The minimum absolute atomic E-state index is 0.170. The molecule has 0 spiro atoms. The highest BCUT2D eigenvalue weighted by atomic mass is 35.5. The number of thiazole rings is 1. The molecule has 1 aliphatic rings. The van der Waals surface area contributed by atoms with E-state index in [9.17, 15) is 4.79 Å². The van der Waals surface area contributed by atoms with Gasteiger partial charge in [-0.1, -0.05) is 23.7 Å². The summed E-state index contributed by atoms with van der Waals surface area (Å²) in [6, 6.07) is 15.2. The molecular weight excluding hydrogens is 448 g/mol. The lowest BCUT2D eigenvalue weighted by atomic mass is 9.74. The molecule has 1 N–H and O–H groups in total. The number of hydrogen-bond donors (Lipinski definition) is 1. The number of carbonyl (C=O) groups is 1. The number of methoxy groups -OCH3 is 1. The maximum absolute atomic E-state index is 12.8. The minimum atomic E-state index is -0.182. The quantitative estimate of drug-likeness (QED) is 0.507. The van der Waals surface area contributed by atoms with Gasteiger partial charge in [0.1, 0.15) is 28.8 Å². The van der Waals surface area contributed by atoms with Crippen LogP contribution in [0.1, 0.15) is 33.9 Å². The number of aromatic nitrogens is 1. The van der Waals surface area contributed by atoms with Gasteiger partial charge >= 0.3 is 0 Å². The van der Waals surface area contributed by atoms with Crippen LogP contribution in [-0.4, -0.2) is 37.8 Å². The highest BCUT2D eigenvalue weighted by molar-refractivity contribution is 7.09. The van der Waals surface area contributed by atoms with Crippen LogP contribution in [0.5, 0.6) is 11.5 Å². The molecule has 2 heterocycles. The summed E-state index contributed by atoms with van der Waals surface area (Å²) >= 11 is 7.30. The van der Waals surface area contributed by atoms with Crippen LogP contribution < -0.4 is 14.8 Å². The third-order valence-corrected chi connectivity index (χ3v) is 6.77. The monoisotopic (exact) mass is 472 g/mol. The Morgan fingerprint density at radius 2 is 1.81 bits per heavy atom. The number of ether oxygens (including phenoxy) is 3. The summed E-state index contributed by atoms with van der Waals surface area (Å²) in [6.07, 6.45) is 1.69. The van der Waals surface area contributed by atoms with Gasteiger partial charge in [-0.2, -0.15) is 0 Å². The van der Waals surface area contributed by atoms with E-state index in [1.807, 2.05) is 12.1 Å². The zero-order chi connectivity index (χ0) is 22.4. The average molecular weight is 473 g/mol. The maximum atomic E-state index is 12.8. The van der Waals surface area contributed by atoms with Crippen LogP contribution in [0.4, 0.5) is 0 Å². The second-order valence-corrected chi connectivity index (χ2v) is 9.05. The average Bonchev–Trinajstić information content (AvgIpc) is 3.32. The molecule has 3 aromatic rings. The van der Waals surface area contributed by atoms with E-state index in [0.717, 1.165) is 23.6 Å². The fraction of sp³-hybridized carbons (Fsp3) is 0.333. The molecule has 1 aromatic heterocycles. The molecular formula is C24H25ClN2O4S. The smallest absolute Gasteiger partial charge is 0.270 e. The lowest BCUT2D eigenvalue weighted by Crippen LogP contribution is -2.44. The Balaban J connectivity index is 1.38. The van der Waals surface area contributed by atoms with Crippen LogP contribution in [0.2, 0.25) is 5.02 Å². The van der Waals surface area contributed by atoms with Crippen LogP contribution in [0.15, 0.2) is 53.9 Å². The van der Waals surface area contributed by atoms with E-state index in [1.54, 1.807) is 36.8 Å². The summed E-state index contributed by atoms with van der Waals surface area (Å²) in [5.41, 5.74) is 1.41. The number of nitrogens with zero attached hydrogens (tertiary/aromatic N) is 1. The zero-order valence-corrected chi connectivity index (χ0v) is 19.4. The summed E-state index contributed by atoms with van der Waals surface area (Å²) in [6.45, 7) is 2.16. The molecule has 0 bridgehead atoms. The normalized spacial score (nSPS) is 15.2. The van der Waals surface area contributed by atoms with E-state index in [4.69, 9.17) is 25.8 Å². The Hall–Kier alpha value is -2.61. The van der Waals surface area contributed by atoms with Gasteiger partial charge in [-0.15, -0.1) is 11.3 Å². The summed E-state index contributed by atoms with van der Waals surface area (Å²) in [4.78, 5) is 17.3. The predicted molar refractivity (Wildman–Crippen MR) is 125 cm³/mol. The van der Waals surface area contributed by atoms with Gasteiger partial charge in [-0.3, -0.25) is 4.79 Å². The highest BCUT2D eigenvalue weighted by Crippen LogP contribution is 2.35. The van der Waals surface area contributed by atoms with Gasteiger partial charge in [0.05, 0.1) is 7.11 Å². The van der Waals surface area contributed by atoms with Gasteiger partial charge in [-0.05, 0) is 54.8 Å². The molecule has 0 saturated carbocycles. The summed E-state index contributed by atoms with van der Waals surface area (Å²) < 4.78 is 16.6. The molecule has 4 rings (SSSR count). The minimum Gasteiger partial charge on any atom is -0.497 e. The Morgan fingerprint density at radius 3 is 2.50 bits per heavy atom. The van der Waals surface area contributed by atoms with Crippen molar-refractivity contribution in [3.63, 3.8) is 0 Å². The van der Waals surface area contributed by atoms with Crippen LogP contribution in [0, 0.1) is 0 Å². The fourth-order valence-corrected chi connectivity index (χ4v) is 4.58. The van der Waals surface area contributed by atoms with E-state index >= 15 is 0 Å². The van der Waals surface area contributed by atoms with E-state index in [0.29, 0.717) is 42.8 Å². The predicted octanol–water partition coefficient (Wildman–Crippen LogP) is 4.86. The maximum Gasteiger partial charge on any atom is 0.270 e. The molecule has 168 valence electrons. The van der Waals surface area contributed by atoms with Crippen molar-refractivity contribution in [3.05, 3.63) is 75.2 Å². The summed E-state index contributed by atoms with van der Waals surface area (Å²) in [5.74, 6) is 1.34. The second kappa shape index (κ2) is 10.3. The van der Waals surface area contributed by atoms with Crippen LogP contribution in [0.3, 0.4) is 0 Å². The Labute approximate surface area is 196 Å². The van der Waals surface area contributed by atoms with Crippen molar-refractivity contribution < 1.29 is 19.0 Å². The number of halogens is 1. The Morgan fingerprint density at radius 1 is 1.12 bits per heavy atom. The molecule has 1 fully saturated rings. The summed E-state index contributed by atoms with van der Waals surface area (Å²) in [5, 5.41) is 6.25. The molecule has 1 saturated heterocycles. The van der Waals surface area contributed by atoms with E-state index in [-0.39, 0.29) is 11.3 Å². The van der Waals surface area contributed by atoms with Crippen molar-refractivity contribution in [1.29, 1.82) is 0 Å². The van der Waals surface area contributed by atoms with Crippen LogP contribution in [-0.2, 0) is 16.8 Å². The molecule has 0 radical (unpaired) electrons. The van der Waals surface area contributed by atoms with E-state index in [1.165, 1.54) is 16.9 Å². The van der Waals surface area contributed by atoms with Crippen molar-refractivity contribution in [1.82, 2.24) is 10.3 Å². The number of benzene rings is 2. The van der Waals surface area contributed by atoms with Gasteiger partial charge in [-0.25, -0.2) is 4.98 Å². The topological polar surface area (TPSA) is 69.7 Å². The first-order chi connectivity index (χ1) is 15.6. The van der Waals surface area contributed by atoms with Gasteiger partial charge in [0.15, 0.2) is 0 Å². The SMILES string of the molecule is COc1ccc(C2(CNC(=O)c3csc(COc4ccc(Cl)cc4)n3)CCOCC2)cc1. The van der Waals surface area contributed by atoms with Crippen LogP contribution >= 0.6 is 22.9 Å². The molecule has 0 unspecified atom stereocenters. The van der Waals surface area contributed by atoms with Gasteiger partial charge in [0, 0.05) is 35.6 Å². The van der Waals surface area contributed by atoms with Gasteiger partial charge in [0.2, 0.25) is 0 Å². The molecule has 32 heavy (non-hydrogen) atoms. The Bertz CT molecular complexity index is 1030. The molecule has 8 heteroatoms. The highest BCUT2D eigenvalue weighted by Gasteiger charge is 2.35. The second-order valence-electron chi connectivity index (χ2n) is 7.67. The van der Waals surface area contributed by atoms with E-state index in [2.05, 4.69) is 22.4 Å². The first-order valence-electron chi connectivity index (χ1n) is 10.4. The third-order valence-electron chi connectivity index (χ3n) is 5.70. The first kappa shape index (κ1) is 22.6. The Kier molecular flexibility index (Phi) is 7.29. The number of nitrogens with one attached hydrogen (secondary N) is 1. The van der Waals surface area contributed by atoms with Crippen molar-refractivity contribution in [2.45, 2.75) is 24.9 Å². The lowest BCUT2D eigenvalue weighted by Gasteiger charge is -2.38. The van der Waals surface area contributed by atoms with Gasteiger partial charge in [0.25, 0.3) is 5.91 Å². The van der Waals surface area contributed by atoms with Crippen molar-refractivity contribution in [3.8, 4) is 11.5 Å². The standard InChI is InChI=1S/C24H25ClN2O4S/c1-29-19-6-2-17(3-7-19)24(10-12-30-13-11-24)16-26-23(28)21-15-32-22(27-21)14-31-20-8-4-18(25)5-9-20/h2-9,15H,10-14,16H2,1H3,(H,26,28). The molecule has 1 amide bonds. The molecule has 0 aliphatic carbocycles. The molecule has 1 aliphatic heterocycles.